The summed E-state index contributed by atoms with van der Waals surface area (Å²) in [6.07, 6.45) is 4.48. The van der Waals surface area contributed by atoms with Crippen LogP contribution in [0.5, 0.6) is 0 Å². The average Bonchev–Trinajstić information content (AvgIpc) is 2.88. The second kappa shape index (κ2) is 8.31. The van der Waals surface area contributed by atoms with Crippen LogP contribution in [-0.4, -0.2) is 27.3 Å². The van der Waals surface area contributed by atoms with E-state index in [-0.39, 0.29) is 0 Å². The molecule has 23 heavy (non-hydrogen) atoms. The van der Waals surface area contributed by atoms with Crippen LogP contribution < -0.4 is 11.1 Å². The number of nitrogens with one attached hydrogen (secondary N) is 1. The number of aryl methyl sites for hydroxylation is 2. The minimum Gasteiger partial charge on any atom is -0.370 e. The Labute approximate surface area is 137 Å². The molecule has 0 atom stereocenters. The van der Waals surface area contributed by atoms with Crippen molar-refractivity contribution in [3.8, 4) is 0 Å². The molecule has 2 heterocycles. The van der Waals surface area contributed by atoms with Crippen molar-refractivity contribution in [1.82, 2.24) is 20.1 Å². The van der Waals surface area contributed by atoms with Crippen LogP contribution in [0.3, 0.4) is 0 Å². The quantitative estimate of drug-likeness (QED) is 0.600. The van der Waals surface area contributed by atoms with E-state index in [9.17, 15) is 0 Å². The van der Waals surface area contributed by atoms with Gasteiger partial charge in [-0.2, -0.15) is 5.10 Å². The van der Waals surface area contributed by atoms with E-state index < -0.39 is 0 Å². The minimum absolute atomic E-state index is 0.467. The molecule has 0 aromatic carbocycles. The van der Waals surface area contributed by atoms with Crippen LogP contribution in [0.1, 0.15) is 36.5 Å². The molecule has 0 aliphatic carbocycles. The van der Waals surface area contributed by atoms with Gasteiger partial charge in [-0.1, -0.05) is 19.9 Å². The molecular weight excluding hydrogens is 288 g/mol. The number of nitrogens with zero attached hydrogens (tertiary/aromatic N) is 4. The molecule has 0 fully saturated rings. The van der Waals surface area contributed by atoms with E-state index in [1.54, 1.807) is 6.20 Å². The fourth-order valence-electron chi connectivity index (χ4n) is 2.66. The lowest BCUT2D eigenvalue weighted by Gasteiger charge is -2.06. The number of hydrogen-bond donors (Lipinski definition) is 2. The molecule has 3 N–H and O–H groups in total. The van der Waals surface area contributed by atoms with Crippen molar-refractivity contribution < 1.29 is 0 Å². The Hall–Kier alpha value is -2.37. The third-order valence-corrected chi connectivity index (χ3v) is 3.85. The van der Waals surface area contributed by atoms with E-state index in [0.717, 1.165) is 37.2 Å². The van der Waals surface area contributed by atoms with Crippen molar-refractivity contribution in [2.45, 2.75) is 39.7 Å². The van der Waals surface area contributed by atoms with Crippen LogP contribution in [-0.2, 0) is 32.9 Å². The van der Waals surface area contributed by atoms with E-state index in [4.69, 9.17) is 5.73 Å². The molecule has 124 valence electrons. The maximum absolute atomic E-state index is 5.97. The lowest BCUT2D eigenvalue weighted by Crippen LogP contribution is -2.33. The van der Waals surface area contributed by atoms with Crippen LogP contribution in [0.2, 0.25) is 0 Å². The predicted octanol–water partition coefficient (Wildman–Crippen LogP) is 1.59. The molecule has 2 aromatic rings. The van der Waals surface area contributed by atoms with Crippen LogP contribution in [0.15, 0.2) is 29.4 Å². The average molecular weight is 314 g/mol. The molecule has 2 aromatic heterocycles. The lowest BCUT2D eigenvalue weighted by molar-refractivity contribution is 0.703. The number of hydrogen-bond acceptors (Lipinski definition) is 3. The Morgan fingerprint density at radius 3 is 2.78 bits per heavy atom. The Morgan fingerprint density at radius 2 is 2.13 bits per heavy atom. The second-order valence-corrected chi connectivity index (χ2v) is 5.40. The zero-order valence-corrected chi connectivity index (χ0v) is 14.2. The highest BCUT2D eigenvalue weighted by atomic mass is 15.3. The highest BCUT2D eigenvalue weighted by Gasteiger charge is 2.12. The van der Waals surface area contributed by atoms with Crippen molar-refractivity contribution in [3.63, 3.8) is 0 Å². The summed E-state index contributed by atoms with van der Waals surface area (Å²) in [5.74, 6) is 0.467. The highest BCUT2D eigenvalue weighted by molar-refractivity contribution is 5.77. The van der Waals surface area contributed by atoms with Gasteiger partial charge in [-0.15, -0.1) is 0 Å². The van der Waals surface area contributed by atoms with Crippen molar-refractivity contribution in [3.05, 3.63) is 47.0 Å². The Balaban J connectivity index is 1.92. The van der Waals surface area contributed by atoms with E-state index in [2.05, 4.69) is 34.2 Å². The first-order valence-corrected chi connectivity index (χ1v) is 8.13. The van der Waals surface area contributed by atoms with Gasteiger partial charge in [0.05, 0.1) is 12.2 Å². The predicted molar refractivity (Wildman–Crippen MR) is 93.2 cm³/mol. The van der Waals surface area contributed by atoms with E-state index in [1.165, 1.54) is 11.3 Å². The number of rotatable bonds is 7. The first-order valence-electron chi connectivity index (χ1n) is 8.13. The molecule has 6 heteroatoms. The summed E-state index contributed by atoms with van der Waals surface area (Å²) in [5.41, 5.74) is 10.5. The summed E-state index contributed by atoms with van der Waals surface area (Å²) in [5, 5.41) is 7.70. The van der Waals surface area contributed by atoms with Crippen molar-refractivity contribution in [1.29, 1.82) is 0 Å². The van der Waals surface area contributed by atoms with E-state index >= 15 is 0 Å². The van der Waals surface area contributed by atoms with Gasteiger partial charge in [0.25, 0.3) is 0 Å². The van der Waals surface area contributed by atoms with Crippen molar-refractivity contribution in [2.24, 2.45) is 17.8 Å². The first-order chi connectivity index (χ1) is 11.2. The molecule has 6 nitrogen and oxygen atoms in total. The van der Waals surface area contributed by atoms with Gasteiger partial charge in [-0.05, 0) is 25.0 Å². The fraction of sp³-hybridized carbons (Fsp3) is 0.471. The van der Waals surface area contributed by atoms with E-state index in [0.29, 0.717) is 12.5 Å². The molecule has 0 saturated carbocycles. The third kappa shape index (κ3) is 4.55. The van der Waals surface area contributed by atoms with Gasteiger partial charge in [0.15, 0.2) is 5.96 Å². The molecule has 0 saturated heterocycles. The highest BCUT2D eigenvalue weighted by Crippen LogP contribution is 2.16. The van der Waals surface area contributed by atoms with Gasteiger partial charge < -0.3 is 11.1 Å². The first kappa shape index (κ1) is 17.0. The molecular formula is C17H26N6. The number of aliphatic imine (C=N–C) groups is 1. The maximum atomic E-state index is 5.97. The smallest absolute Gasteiger partial charge is 0.188 e. The summed E-state index contributed by atoms with van der Waals surface area (Å²) < 4.78 is 1.95. The summed E-state index contributed by atoms with van der Waals surface area (Å²) in [4.78, 5) is 8.75. The summed E-state index contributed by atoms with van der Waals surface area (Å²) in [6, 6.07) is 5.91. The molecule has 0 bridgehead atoms. The monoisotopic (exact) mass is 314 g/mol. The molecule has 0 radical (unpaired) electrons. The topological polar surface area (TPSA) is 81.1 Å². The number of nitrogens with two attached hydrogens (primary N) is 1. The molecule has 2 rings (SSSR count). The molecule has 0 unspecified atom stereocenters. The van der Waals surface area contributed by atoms with Crippen LogP contribution in [0.25, 0.3) is 0 Å². The van der Waals surface area contributed by atoms with Crippen LogP contribution >= 0.6 is 0 Å². The molecule has 0 spiro atoms. The summed E-state index contributed by atoms with van der Waals surface area (Å²) >= 11 is 0. The minimum atomic E-state index is 0.467. The largest absolute Gasteiger partial charge is 0.370 e. The van der Waals surface area contributed by atoms with Gasteiger partial charge in [0.1, 0.15) is 0 Å². The fourth-order valence-corrected chi connectivity index (χ4v) is 2.66. The molecule has 0 aliphatic heterocycles. The summed E-state index contributed by atoms with van der Waals surface area (Å²) in [6.45, 7) is 5.55. The molecule has 0 amide bonds. The SMILES string of the molecule is CCc1nn(C)c(CC)c1CN=C(N)NCCc1ccccn1. The van der Waals surface area contributed by atoms with Crippen molar-refractivity contribution in [2.75, 3.05) is 6.54 Å². The van der Waals surface area contributed by atoms with Gasteiger partial charge in [0, 0.05) is 43.2 Å². The Bertz CT molecular complexity index is 645. The van der Waals surface area contributed by atoms with Gasteiger partial charge >= 0.3 is 0 Å². The number of pyridine rings is 1. The van der Waals surface area contributed by atoms with Gasteiger partial charge in [0.2, 0.25) is 0 Å². The summed E-state index contributed by atoms with van der Waals surface area (Å²) in [7, 11) is 1.99. The third-order valence-electron chi connectivity index (χ3n) is 3.85. The number of aromatic nitrogens is 3. The second-order valence-electron chi connectivity index (χ2n) is 5.40. The van der Waals surface area contributed by atoms with Crippen molar-refractivity contribution >= 4 is 5.96 Å². The van der Waals surface area contributed by atoms with Gasteiger partial charge in [-0.3, -0.25) is 9.67 Å². The Morgan fingerprint density at radius 1 is 1.30 bits per heavy atom. The maximum Gasteiger partial charge on any atom is 0.188 e. The van der Waals surface area contributed by atoms with Gasteiger partial charge in [-0.25, -0.2) is 4.99 Å². The zero-order chi connectivity index (χ0) is 16.7. The standard InChI is InChI=1S/C17H26N6/c1-4-15-14(16(5-2)23(3)22-15)12-21-17(18)20-11-9-13-8-6-7-10-19-13/h6-8,10H,4-5,9,11-12H2,1-3H3,(H3,18,20,21). The lowest BCUT2D eigenvalue weighted by atomic mass is 10.1. The van der Waals surface area contributed by atoms with E-state index in [1.807, 2.05) is 29.9 Å². The van der Waals surface area contributed by atoms with Crippen LogP contribution in [0.4, 0.5) is 0 Å². The zero-order valence-electron chi connectivity index (χ0n) is 14.2. The van der Waals surface area contributed by atoms with Crippen LogP contribution in [0, 0.1) is 0 Å². The molecule has 0 aliphatic rings. The normalized spacial score (nSPS) is 11.7. The Kier molecular flexibility index (Phi) is 6.14. The number of guanidine groups is 1.